The molecule has 0 radical (unpaired) electrons. The maximum absolute atomic E-state index is 12.4. The van der Waals surface area contributed by atoms with E-state index in [-0.39, 0.29) is 10.8 Å². The van der Waals surface area contributed by atoms with Crippen LogP contribution in [0.1, 0.15) is 65.2 Å². The summed E-state index contributed by atoms with van der Waals surface area (Å²) in [6.07, 6.45) is 9.15. The van der Waals surface area contributed by atoms with E-state index in [4.69, 9.17) is 0 Å². The number of ketones is 1. The summed E-state index contributed by atoms with van der Waals surface area (Å²) in [6.45, 7) is 8.72. The van der Waals surface area contributed by atoms with E-state index < -0.39 is 0 Å². The molecular formula is C17H24O. The van der Waals surface area contributed by atoms with Crippen molar-refractivity contribution in [3.05, 3.63) is 23.3 Å². The molecule has 0 aromatic rings. The van der Waals surface area contributed by atoms with Crippen LogP contribution in [0.25, 0.3) is 0 Å². The molecule has 1 heteroatoms. The molecule has 0 saturated heterocycles. The Balaban J connectivity index is 2.01. The van der Waals surface area contributed by atoms with Gasteiger partial charge in [-0.25, -0.2) is 0 Å². The lowest BCUT2D eigenvalue weighted by atomic mass is 9.74. The molecule has 0 aromatic carbocycles. The Morgan fingerprint density at radius 3 is 2.94 bits per heavy atom. The molecule has 2 fully saturated rings. The molecule has 3 aliphatic carbocycles. The molecule has 2 bridgehead atoms. The zero-order valence-corrected chi connectivity index (χ0v) is 11.8. The summed E-state index contributed by atoms with van der Waals surface area (Å²) in [4.78, 5) is 12.4. The monoisotopic (exact) mass is 244 g/mol. The van der Waals surface area contributed by atoms with Gasteiger partial charge in [-0.05, 0) is 51.0 Å². The Hall–Kier alpha value is -0.850. The lowest BCUT2D eigenvalue weighted by Gasteiger charge is -2.29. The molecule has 98 valence electrons. The highest BCUT2D eigenvalue weighted by Gasteiger charge is 2.62. The Kier molecular flexibility index (Phi) is 2.59. The Morgan fingerprint density at radius 2 is 2.22 bits per heavy atom. The number of unbranched alkanes of at least 4 members (excludes halogenated alkanes) is 1. The number of carbonyl (C=O) groups is 1. The fraction of sp³-hybridized carbons (Fsp3) is 0.706. The van der Waals surface area contributed by atoms with Crippen LogP contribution in [0.5, 0.6) is 0 Å². The minimum Gasteiger partial charge on any atom is -0.299 e. The standard InChI is InChI=1S/C17H24O/c1-4-5-7-12(2)15-13-8-6-9-17(13)10-14(18)16(15,3)11-17/h2,4-11H2,1,3H3/t16-,17-/m1/s1. The number of fused-ring (bicyclic) bond motifs is 1. The van der Waals surface area contributed by atoms with E-state index in [1.165, 1.54) is 43.3 Å². The average molecular weight is 244 g/mol. The van der Waals surface area contributed by atoms with Crippen LogP contribution in [0.4, 0.5) is 0 Å². The predicted molar refractivity (Wildman–Crippen MR) is 74.3 cm³/mol. The highest BCUT2D eigenvalue weighted by atomic mass is 16.1. The molecule has 0 N–H and O–H groups in total. The smallest absolute Gasteiger partial charge is 0.144 e. The Bertz CT molecular complexity index is 456. The third-order valence-corrected chi connectivity index (χ3v) is 5.57. The molecule has 3 rings (SSSR count). The van der Waals surface area contributed by atoms with Crippen LogP contribution in [0.2, 0.25) is 0 Å². The summed E-state index contributed by atoms with van der Waals surface area (Å²) in [5.74, 6) is 0.487. The quantitative estimate of drug-likeness (QED) is 0.707. The fourth-order valence-corrected chi connectivity index (χ4v) is 4.82. The van der Waals surface area contributed by atoms with Gasteiger partial charge in [0, 0.05) is 11.8 Å². The number of hydrogen-bond acceptors (Lipinski definition) is 1. The highest BCUT2D eigenvalue weighted by Crippen LogP contribution is 2.69. The Labute approximate surface area is 110 Å². The van der Waals surface area contributed by atoms with Crippen LogP contribution < -0.4 is 0 Å². The topological polar surface area (TPSA) is 17.1 Å². The van der Waals surface area contributed by atoms with Gasteiger partial charge in [0.05, 0.1) is 5.41 Å². The maximum atomic E-state index is 12.4. The second kappa shape index (κ2) is 3.82. The summed E-state index contributed by atoms with van der Waals surface area (Å²) in [7, 11) is 0. The third kappa shape index (κ3) is 1.36. The normalized spacial score (nSPS) is 37.6. The van der Waals surface area contributed by atoms with Gasteiger partial charge in [-0.1, -0.05) is 31.1 Å². The van der Waals surface area contributed by atoms with Crippen LogP contribution in [-0.2, 0) is 4.79 Å². The van der Waals surface area contributed by atoms with Crippen LogP contribution >= 0.6 is 0 Å². The lowest BCUT2D eigenvalue weighted by molar-refractivity contribution is -0.123. The molecule has 2 saturated carbocycles. The first-order valence-electron chi connectivity index (χ1n) is 7.49. The molecule has 2 atom stereocenters. The Morgan fingerprint density at radius 1 is 1.44 bits per heavy atom. The summed E-state index contributed by atoms with van der Waals surface area (Å²) >= 11 is 0. The second-order valence-corrected chi connectivity index (χ2v) is 6.80. The number of rotatable bonds is 4. The van der Waals surface area contributed by atoms with Crippen molar-refractivity contribution in [3.63, 3.8) is 0 Å². The van der Waals surface area contributed by atoms with E-state index in [0.29, 0.717) is 5.78 Å². The van der Waals surface area contributed by atoms with Gasteiger partial charge >= 0.3 is 0 Å². The van der Waals surface area contributed by atoms with Crippen molar-refractivity contribution in [2.45, 2.75) is 65.2 Å². The summed E-state index contributed by atoms with van der Waals surface area (Å²) in [6, 6.07) is 0. The lowest BCUT2D eigenvalue weighted by Crippen LogP contribution is -2.26. The van der Waals surface area contributed by atoms with Gasteiger partial charge in [0.1, 0.15) is 5.78 Å². The molecule has 1 spiro atoms. The van der Waals surface area contributed by atoms with E-state index in [2.05, 4.69) is 20.4 Å². The molecule has 0 unspecified atom stereocenters. The van der Waals surface area contributed by atoms with E-state index >= 15 is 0 Å². The number of hydrogen-bond donors (Lipinski definition) is 0. The fourth-order valence-electron chi connectivity index (χ4n) is 4.82. The number of allylic oxidation sites excluding steroid dienone is 3. The minimum atomic E-state index is -0.166. The van der Waals surface area contributed by atoms with Crippen LogP contribution in [-0.4, -0.2) is 5.78 Å². The van der Waals surface area contributed by atoms with Gasteiger partial charge in [0.15, 0.2) is 0 Å². The van der Waals surface area contributed by atoms with Gasteiger partial charge in [0.2, 0.25) is 0 Å². The largest absolute Gasteiger partial charge is 0.299 e. The van der Waals surface area contributed by atoms with Gasteiger partial charge in [-0.3, -0.25) is 4.79 Å². The maximum Gasteiger partial charge on any atom is 0.144 e. The molecule has 18 heavy (non-hydrogen) atoms. The first-order valence-corrected chi connectivity index (χ1v) is 7.49. The van der Waals surface area contributed by atoms with Crippen molar-refractivity contribution in [1.29, 1.82) is 0 Å². The molecule has 0 amide bonds. The highest BCUT2D eigenvalue weighted by molar-refractivity contribution is 5.95. The molecule has 1 nitrogen and oxygen atoms in total. The molecule has 0 heterocycles. The molecule has 0 aliphatic heterocycles. The minimum absolute atomic E-state index is 0.166. The first kappa shape index (κ1) is 12.2. The molecular weight excluding hydrogens is 220 g/mol. The van der Waals surface area contributed by atoms with E-state index in [1.807, 2.05) is 0 Å². The van der Waals surface area contributed by atoms with Crippen molar-refractivity contribution in [3.8, 4) is 0 Å². The summed E-state index contributed by atoms with van der Waals surface area (Å²) < 4.78 is 0. The van der Waals surface area contributed by atoms with Crippen molar-refractivity contribution in [2.75, 3.05) is 0 Å². The van der Waals surface area contributed by atoms with Crippen LogP contribution in [0.15, 0.2) is 23.3 Å². The van der Waals surface area contributed by atoms with Gasteiger partial charge in [-0.2, -0.15) is 0 Å². The first-order chi connectivity index (χ1) is 8.53. The van der Waals surface area contributed by atoms with Crippen LogP contribution in [0, 0.1) is 10.8 Å². The average Bonchev–Trinajstić information content (AvgIpc) is 2.87. The van der Waals surface area contributed by atoms with Gasteiger partial charge in [-0.15, -0.1) is 0 Å². The summed E-state index contributed by atoms with van der Waals surface area (Å²) in [5, 5.41) is 0. The van der Waals surface area contributed by atoms with Crippen LogP contribution in [0.3, 0.4) is 0 Å². The SMILES string of the molecule is C=C(CCCC)C1=C2CCC[C@]23CC(=O)[C@@]1(C)C3. The van der Waals surface area contributed by atoms with Crippen molar-refractivity contribution < 1.29 is 4.79 Å². The number of Topliss-reactive ketones (excluding diaryl/α,β-unsaturated/α-hetero) is 1. The van der Waals surface area contributed by atoms with Gasteiger partial charge in [0.25, 0.3) is 0 Å². The molecule has 3 aliphatic rings. The van der Waals surface area contributed by atoms with Crippen molar-refractivity contribution in [1.82, 2.24) is 0 Å². The van der Waals surface area contributed by atoms with Crippen molar-refractivity contribution >= 4 is 5.78 Å². The van der Waals surface area contributed by atoms with Crippen molar-refractivity contribution in [2.24, 2.45) is 10.8 Å². The third-order valence-electron chi connectivity index (χ3n) is 5.57. The van der Waals surface area contributed by atoms with Gasteiger partial charge < -0.3 is 0 Å². The van der Waals surface area contributed by atoms with E-state index in [0.717, 1.165) is 19.3 Å². The van der Waals surface area contributed by atoms with E-state index in [1.54, 1.807) is 5.57 Å². The number of carbonyl (C=O) groups excluding carboxylic acids is 1. The second-order valence-electron chi connectivity index (χ2n) is 6.80. The summed E-state index contributed by atoms with van der Waals surface area (Å²) in [5.41, 5.74) is 4.40. The molecule has 0 aromatic heterocycles. The van der Waals surface area contributed by atoms with E-state index in [9.17, 15) is 4.79 Å². The zero-order chi connectivity index (χ0) is 13.0. The predicted octanol–water partition coefficient (Wildman–Crippen LogP) is 4.58. The zero-order valence-electron chi connectivity index (χ0n) is 11.8.